The lowest BCUT2D eigenvalue weighted by molar-refractivity contribution is 0.0989. The van der Waals surface area contributed by atoms with Crippen LogP contribution in [0.25, 0.3) is 0 Å². The van der Waals surface area contributed by atoms with Crippen LogP contribution in [0, 0.1) is 0 Å². The Labute approximate surface area is 172 Å². The normalized spacial score (nSPS) is 13.8. The second-order valence-electron chi connectivity index (χ2n) is 6.44. The van der Waals surface area contributed by atoms with E-state index in [1.54, 1.807) is 35.2 Å². The third kappa shape index (κ3) is 3.78. The third-order valence-corrected chi connectivity index (χ3v) is 7.01. The maximum atomic E-state index is 12.8. The standard InChI is InChI=1S/C20H17ClN2O3S2/c21-15-5-1-6-17(13-15)28(25,26)22-16-8-9-18-14(12-16)4-2-10-23(18)20(24)19-7-3-11-27-19/h1,3,5-9,11-13,22H,2,4,10H2. The average Bonchev–Trinajstić information content (AvgIpc) is 3.21. The van der Waals surface area contributed by atoms with Gasteiger partial charge in [0, 0.05) is 22.9 Å². The SMILES string of the molecule is O=C(c1cccs1)N1CCCc2cc(NS(=O)(=O)c3cccc(Cl)c3)ccc21. The number of fused-ring (bicyclic) bond motifs is 1. The Morgan fingerprint density at radius 2 is 1.96 bits per heavy atom. The molecule has 0 radical (unpaired) electrons. The minimum Gasteiger partial charge on any atom is -0.307 e. The Hall–Kier alpha value is -2.35. The van der Waals surface area contributed by atoms with E-state index in [0.717, 1.165) is 24.1 Å². The maximum absolute atomic E-state index is 12.8. The molecule has 0 saturated carbocycles. The van der Waals surface area contributed by atoms with Gasteiger partial charge in [-0.1, -0.05) is 23.7 Å². The van der Waals surface area contributed by atoms with Crippen LogP contribution in [0.4, 0.5) is 11.4 Å². The van der Waals surface area contributed by atoms with Crippen molar-refractivity contribution in [3.05, 3.63) is 75.4 Å². The number of nitrogens with zero attached hydrogens (tertiary/aromatic N) is 1. The molecule has 1 amide bonds. The fourth-order valence-corrected chi connectivity index (χ4v) is 5.27. The number of carbonyl (C=O) groups is 1. The van der Waals surface area contributed by atoms with Crippen LogP contribution in [0.2, 0.25) is 5.02 Å². The van der Waals surface area contributed by atoms with E-state index in [1.807, 2.05) is 17.5 Å². The zero-order valence-corrected chi connectivity index (χ0v) is 17.2. The van der Waals surface area contributed by atoms with Gasteiger partial charge in [0.2, 0.25) is 0 Å². The number of thiophene rings is 1. The van der Waals surface area contributed by atoms with Gasteiger partial charge in [0.15, 0.2) is 0 Å². The molecule has 2 aromatic carbocycles. The second-order valence-corrected chi connectivity index (χ2v) is 9.51. The van der Waals surface area contributed by atoms with E-state index < -0.39 is 10.0 Å². The van der Waals surface area contributed by atoms with Crippen LogP contribution >= 0.6 is 22.9 Å². The summed E-state index contributed by atoms with van der Waals surface area (Å²) in [5.74, 6) is -0.0248. The minimum absolute atomic E-state index is 0.0248. The molecule has 4 rings (SSSR count). The van der Waals surface area contributed by atoms with Crippen LogP contribution in [0.5, 0.6) is 0 Å². The summed E-state index contributed by atoms with van der Waals surface area (Å²) in [7, 11) is -3.74. The first kappa shape index (κ1) is 19.0. The molecule has 8 heteroatoms. The lowest BCUT2D eigenvalue weighted by atomic mass is 10.0. The molecule has 1 aliphatic rings. The van der Waals surface area contributed by atoms with Crippen molar-refractivity contribution in [2.45, 2.75) is 17.7 Å². The lowest BCUT2D eigenvalue weighted by Gasteiger charge is -2.29. The Morgan fingerprint density at radius 1 is 1.11 bits per heavy atom. The van der Waals surface area contributed by atoms with Crippen molar-refractivity contribution < 1.29 is 13.2 Å². The Kier molecular flexibility index (Phi) is 5.14. The van der Waals surface area contributed by atoms with Crippen molar-refractivity contribution in [3.8, 4) is 0 Å². The highest BCUT2D eigenvalue weighted by Crippen LogP contribution is 2.32. The Balaban J connectivity index is 1.61. The van der Waals surface area contributed by atoms with Gasteiger partial charge in [-0.05, 0) is 66.2 Å². The van der Waals surface area contributed by atoms with Crippen LogP contribution in [0.1, 0.15) is 21.7 Å². The zero-order valence-electron chi connectivity index (χ0n) is 14.8. The van der Waals surface area contributed by atoms with Crippen molar-refractivity contribution in [1.82, 2.24) is 0 Å². The van der Waals surface area contributed by atoms with Crippen LogP contribution in [-0.2, 0) is 16.4 Å². The number of hydrogen-bond donors (Lipinski definition) is 1. The lowest BCUT2D eigenvalue weighted by Crippen LogP contribution is -2.35. The van der Waals surface area contributed by atoms with Gasteiger partial charge < -0.3 is 4.90 Å². The number of nitrogens with one attached hydrogen (secondary N) is 1. The molecule has 0 fully saturated rings. The molecule has 5 nitrogen and oxygen atoms in total. The molecule has 0 saturated heterocycles. The molecule has 0 atom stereocenters. The number of hydrogen-bond acceptors (Lipinski definition) is 4. The first-order chi connectivity index (χ1) is 13.4. The smallest absolute Gasteiger partial charge is 0.268 e. The molecule has 3 aromatic rings. The molecule has 1 N–H and O–H groups in total. The summed E-state index contributed by atoms with van der Waals surface area (Å²) in [6, 6.07) is 15.1. The van der Waals surface area contributed by atoms with Crippen molar-refractivity contribution in [3.63, 3.8) is 0 Å². The van der Waals surface area contributed by atoms with Crippen LogP contribution in [0.15, 0.2) is 64.9 Å². The first-order valence-electron chi connectivity index (χ1n) is 8.71. The number of sulfonamides is 1. The van der Waals surface area contributed by atoms with E-state index in [0.29, 0.717) is 22.1 Å². The molecule has 144 valence electrons. The highest BCUT2D eigenvalue weighted by Gasteiger charge is 2.25. The van der Waals surface area contributed by atoms with Gasteiger partial charge >= 0.3 is 0 Å². The number of carbonyl (C=O) groups excluding carboxylic acids is 1. The second kappa shape index (κ2) is 7.58. The summed E-state index contributed by atoms with van der Waals surface area (Å²) in [4.78, 5) is 15.3. The predicted octanol–water partition coefficient (Wildman–Crippen LogP) is 4.80. The van der Waals surface area contributed by atoms with Crippen LogP contribution < -0.4 is 9.62 Å². The Morgan fingerprint density at radius 3 is 2.71 bits per heavy atom. The number of benzene rings is 2. The number of anilines is 2. The van der Waals surface area contributed by atoms with Crippen molar-refractivity contribution >= 4 is 50.2 Å². The summed E-state index contributed by atoms with van der Waals surface area (Å²) in [6.07, 6.45) is 1.62. The van der Waals surface area contributed by atoms with E-state index in [9.17, 15) is 13.2 Å². The first-order valence-corrected chi connectivity index (χ1v) is 11.4. The van der Waals surface area contributed by atoms with Crippen LogP contribution in [0.3, 0.4) is 0 Å². The van der Waals surface area contributed by atoms with Gasteiger partial charge in [0.25, 0.3) is 15.9 Å². The summed E-state index contributed by atoms with van der Waals surface area (Å²) < 4.78 is 27.8. The minimum atomic E-state index is -3.74. The zero-order chi connectivity index (χ0) is 19.7. The average molecular weight is 433 g/mol. The largest absolute Gasteiger partial charge is 0.307 e. The summed E-state index contributed by atoms with van der Waals surface area (Å²) >= 11 is 7.32. The number of rotatable bonds is 4. The van der Waals surface area contributed by atoms with Gasteiger partial charge in [-0.3, -0.25) is 9.52 Å². The molecular weight excluding hydrogens is 416 g/mol. The van der Waals surface area contributed by atoms with E-state index in [-0.39, 0.29) is 10.8 Å². The molecule has 0 aliphatic carbocycles. The highest BCUT2D eigenvalue weighted by molar-refractivity contribution is 7.92. The maximum Gasteiger partial charge on any atom is 0.268 e. The van der Waals surface area contributed by atoms with Crippen molar-refractivity contribution in [2.24, 2.45) is 0 Å². The van der Waals surface area contributed by atoms with Gasteiger partial charge in [-0.2, -0.15) is 0 Å². The quantitative estimate of drug-likeness (QED) is 0.644. The Bertz CT molecular complexity index is 1130. The summed E-state index contributed by atoms with van der Waals surface area (Å²) in [5, 5.41) is 2.24. The van der Waals surface area contributed by atoms with Gasteiger partial charge in [-0.25, -0.2) is 8.42 Å². The van der Waals surface area contributed by atoms with Crippen LogP contribution in [-0.4, -0.2) is 20.9 Å². The molecule has 0 bridgehead atoms. The highest BCUT2D eigenvalue weighted by atomic mass is 35.5. The summed E-state index contributed by atoms with van der Waals surface area (Å²) in [6.45, 7) is 0.650. The van der Waals surface area contributed by atoms with Gasteiger partial charge in [-0.15, -0.1) is 11.3 Å². The van der Waals surface area contributed by atoms with E-state index in [1.165, 1.54) is 23.5 Å². The molecule has 0 unspecified atom stereocenters. The molecule has 2 heterocycles. The van der Waals surface area contributed by atoms with Gasteiger partial charge in [0.05, 0.1) is 9.77 Å². The van der Waals surface area contributed by atoms with E-state index in [2.05, 4.69) is 4.72 Å². The number of halogens is 1. The topological polar surface area (TPSA) is 66.5 Å². The fourth-order valence-electron chi connectivity index (χ4n) is 3.25. The molecule has 0 spiro atoms. The molecule has 1 aliphatic heterocycles. The summed E-state index contributed by atoms with van der Waals surface area (Å²) in [5.41, 5.74) is 2.24. The predicted molar refractivity (Wildman–Crippen MR) is 113 cm³/mol. The van der Waals surface area contributed by atoms with Gasteiger partial charge in [0.1, 0.15) is 0 Å². The number of aryl methyl sites for hydroxylation is 1. The fraction of sp³-hybridized carbons (Fsp3) is 0.150. The van der Waals surface area contributed by atoms with E-state index >= 15 is 0 Å². The molecular formula is C20H17ClN2O3S2. The van der Waals surface area contributed by atoms with Crippen molar-refractivity contribution in [2.75, 3.05) is 16.2 Å². The third-order valence-electron chi connectivity index (χ3n) is 4.53. The van der Waals surface area contributed by atoms with Crippen molar-refractivity contribution in [1.29, 1.82) is 0 Å². The number of amides is 1. The monoisotopic (exact) mass is 432 g/mol. The molecule has 1 aromatic heterocycles. The van der Waals surface area contributed by atoms with E-state index in [4.69, 9.17) is 11.6 Å². The molecule has 28 heavy (non-hydrogen) atoms.